The summed E-state index contributed by atoms with van der Waals surface area (Å²) < 4.78 is 2.02. The maximum absolute atomic E-state index is 4.79. The van der Waals surface area contributed by atoms with Crippen LogP contribution in [0.25, 0.3) is 0 Å². The molecule has 3 aromatic rings. The van der Waals surface area contributed by atoms with E-state index >= 15 is 0 Å². The molecule has 6 nitrogen and oxygen atoms in total. The predicted octanol–water partition coefficient (Wildman–Crippen LogP) is 3.81. The molecule has 0 aliphatic carbocycles. The molecule has 1 atom stereocenters. The van der Waals surface area contributed by atoms with Crippen LogP contribution in [0.2, 0.25) is 0 Å². The Morgan fingerprint density at radius 3 is 2.67 bits per heavy atom. The second kappa shape index (κ2) is 9.80. The molecule has 0 radical (unpaired) electrons. The Hall–Kier alpha value is -2.80. The third kappa shape index (κ3) is 5.42. The maximum atomic E-state index is 4.79. The van der Waals surface area contributed by atoms with Gasteiger partial charge in [0.15, 0.2) is 5.96 Å². The average Bonchev–Trinajstić information content (AvgIpc) is 3.13. The molecular weight excluding hydrogens is 392 g/mol. The van der Waals surface area contributed by atoms with Gasteiger partial charge in [0, 0.05) is 28.8 Å². The summed E-state index contributed by atoms with van der Waals surface area (Å²) in [5.74, 6) is 2.78. The van der Waals surface area contributed by atoms with Crippen LogP contribution < -0.4 is 10.6 Å². The fourth-order valence-corrected chi connectivity index (χ4v) is 4.36. The van der Waals surface area contributed by atoms with Gasteiger partial charge in [-0.3, -0.25) is 0 Å². The first-order valence-corrected chi connectivity index (χ1v) is 11.3. The zero-order valence-corrected chi connectivity index (χ0v) is 18.3. The highest BCUT2D eigenvalue weighted by molar-refractivity contribution is 7.99. The Labute approximate surface area is 182 Å². The first-order chi connectivity index (χ1) is 14.7. The Kier molecular flexibility index (Phi) is 6.69. The Balaban J connectivity index is 1.35. The van der Waals surface area contributed by atoms with Crippen molar-refractivity contribution in [3.8, 4) is 0 Å². The molecule has 4 rings (SSSR count). The van der Waals surface area contributed by atoms with Gasteiger partial charge in [0.05, 0.1) is 13.1 Å². The van der Waals surface area contributed by atoms with E-state index in [0.717, 1.165) is 43.5 Å². The molecule has 0 saturated heterocycles. The number of nitrogens with zero attached hydrogens (tertiary/aromatic N) is 4. The van der Waals surface area contributed by atoms with E-state index in [4.69, 9.17) is 4.99 Å². The third-order valence-electron chi connectivity index (χ3n) is 4.97. The molecular formula is C23H28N6S. The molecule has 0 saturated carbocycles. The summed E-state index contributed by atoms with van der Waals surface area (Å²) in [5, 5.41) is 11.4. The molecule has 1 aliphatic heterocycles. The normalized spacial score (nSPS) is 16.2. The highest BCUT2D eigenvalue weighted by atomic mass is 32.2. The lowest BCUT2D eigenvalue weighted by Crippen LogP contribution is -2.47. The van der Waals surface area contributed by atoms with Gasteiger partial charge in [-0.15, -0.1) is 0 Å². The van der Waals surface area contributed by atoms with Crippen molar-refractivity contribution in [2.75, 3.05) is 6.54 Å². The molecule has 0 amide bonds. The number of benzene rings is 2. The number of aromatic nitrogens is 3. The summed E-state index contributed by atoms with van der Waals surface area (Å²) in [4.78, 5) is 11.8. The highest BCUT2D eigenvalue weighted by Crippen LogP contribution is 2.27. The van der Waals surface area contributed by atoms with Gasteiger partial charge >= 0.3 is 0 Å². The number of hydrogen-bond acceptors (Lipinski definition) is 4. The maximum Gasteiger partial charge on any atom is 0.191 e. The molecule has 7 heteroatoms. The standard InChI is InChI=1S/C23H28N6S/c1-3-24-23(27-19-11-14-22-26-17(2)28-29(22)16-19)25-15-18-9-12-21(13-10-18)30-20-7-5-4-6-8-20/h4-10,12-13,19H,3,11,14-16H2,1-2H3,(H2,24,25,27). The highest BCUT2D eigenvalue weighted by Gasteiger charge is 2.21. The number of aryl methyl sites for hydroxylation is 2. The van der Waals surface area contributed by atoms with Crippen molar-refractivity contribution >= 4 is 17.7 Å². The van der Waals surface area contributed by atoms with E-state index in [2.05, 4.69) is 76.2 Å². The van der Waals surface area contributed by atoms with Gasteiger partial charge in [-0.05, 0) is 50.1 Å². The summed E-state index contributed by atoms with van der Waals surface area (Å²) in [5.41, 5.74) is 1.20. The summed E-state index contributed by atoms with van der Waals surface area (Å²) in [6, 6.07) is 19.4. The van der Waals surface area contributed by atoms with Crippen LogP contribution in [0.1, 0.15) is 30.6 Å². The van der Waals surface area contributed by atoms with E-state index in [0.29, 0.717) is 12.6 Å². The number of hydrogen-bond donors (Lipinski definition) is 2. The van der Waals surface area contributed by atoms with Crippen LogP contribution in [0, 0.1) is 6.92 Å². The third-order valence-corrected chi connectivity index (χ3v) is 5.99. The van der Waals surface area contributed by atoms with Gasteiger partial charge in [-0.25, -0.2) is 14.7 Å². The summed E-state index contributed by atoms with van der Waals surface area (Å²) in [6.45, 7) is 6.34. The molecule has 1 aliphatic rings. The SMILES string of the molecule is CCNC(=NCc1ccc(Sc2ccccc2)cc1)NC1CCc2nc(C)nn2C1. The van der Waals surface area contributed by atoms with Crippen molar-refractivity contribution in [1.29, 1.82) is 0 Å². The van der Waals surface area contributed by atoms with Crippen LogP contribution >= 0.6 is 11.8 Å². The molecule has 0 spiro atoms. The number of rotatable bonds is 6. The largest absolute Gasteiger partial charge is 0.357 e. The van der Waals surface area contributed by atoms with Gasteiger partial charge in [0.25, 0.3) is 0 Å². The lowest BCUT2D eigenvalue weighted by molar-refractivity contribution is 0.392. The summed E-state index contributed by atoms with van der Waals surface area (Å²) in [7, 11) is 0. The molecule has 2 N–H and O–H groups in total. The second-order valence-corrected chi connectivity index (χ2v) is 8.54. The van der Waals surface area contributed by atoms with E-state index in [-0.39, 0.29) is 0 Å². The molecule has 1 unspecified atom stereocenters. The Morgan fingerprint density at radius 1 is 1.13 bits per heavy atom. The van der Waals surface area contributed by atoms with Gasteiger partial charge in [0.1, 0.15) is 11.6 Å². The first-order valence-electron chi connectivity index (χ1n) is 10.5. The minimum absolute atomic E-state index is 0.307. The van der Waals surface area contributed by atoms with Crippen molar-refractivity contribution in [1.82, 2.24) is 25.4 Å². The van der Waals surface area contributed by atoms with Gasteiger partial charge in [0.2, 0.25) is 0 Å². The molecule has 2 aromatic carbocycles. The molecule has 30 heavy (non-hydrogen) atoms. The van der Waals surface area contributed by atoms with E-state index in [1.165, 1.54) is 15.4 Å². The van der Waals surface area contributed by atoms with Crippen molar-refractivity contribution in [2.24, 2.45) is 4.99 Å². The van der Waals surface area contributed by atoms with Crippen LogP contribution in [0.3, 0.4) is 0 Å². The fourth-order valence-electron chi connectivity index (χ4n) is 3.52. The summed E-state index contributed by atoms with van der Waals surface area (Å²) in [6.07, 6.45) is 1.98. The van der Waals surface area contributed by atoms with Crippen molar-refractivity contribution < 1.29 is 0 Å². The second-order valence-electron chi connectivity index (χ2n) is 7.39. The fraction of sp³-hybridized carbons (Fsp3) is 0.348. The molecule has 0 bridgehead atoms. The van der Waals surface area contributed by atoms with Crippen LogP contribution in [-0.2, 0) is 19.5 Å². The first kappa shape index (κ1) is 20.5. The van der Waals surface area contributed by atoms with Crippen molar-refractivity contribution in [2.45, 2.75) is 55.6 Å². The monoisotopic (exact) mass is 420 g/mol. The number of fused-ring (bicyclic) bond motifs is 1. The summed E-state index contributed by atoms with van der Waals surface area (Å²) >= 11 is 1.77. The van der Waals surface area contributed by atoms with E-state index < -0.39 is 0 Å². The number of guanidine groups is 1. The molecule has 1 aromatic heterocycles. The van der Waals surface area contributed by atoms with Crippen molar-refractivity contribution in [3.63, 3.8) is 0 Å². The molecule has 2 heterocycles. The minimum atomic E-state index is 0.307. The van der Waals surface area contributed by atoms with Crippen LogP contribution in [-0.4, -0.2) is 33.3 Å². The number of nitrogens with one attached hydrogen (secondary N) is 2. The Morgan fingerprint density at radius 2 is 1.90 bits per heavy atom. The lowest BCUT2D eigenvalue weighted by atomic mass is 10.1. The van der Waals surface area contributed by atoms with Gasteiger partial charge in [-0.1, -0.05) is 42.1 Å². The zero-order chi connectivity index (χ0) is 20.8. The average molecular weight is 421 g/mol. The van der Waals surface area contributed by atoms with Crippen molar-refractivity contribution in [3.05, 3.63) is 71.8 Å². The van der Waals surface area contributed by atoms with Crippen LogP contribution in [0.5, 0.6) is 0 Å². The molecule has 0 fully saturated rings. The van der Waals surface area contributed by atoms with E-state index in [9.17, 15) is 0 Å². The van der Waals surface area contributed by atoms with E-state index in [1.807, 2.05) is 17.7 Å². The van der Waals surface area contributed by atoms with Crippen LogP contribution in [0.15, 0.2) is 69.4 Å². The molecule has 156 valence electrons. The van der Waals surface area contributed by atoms with Crippen LogP contribution in [0.4, 0.5) is 0 Å². The van der Waals surface area contributed by atoms with E-state index in [1.54, 1.807) is 11.8 Å². The number of aliphatic imine (C=N–C) groups is 1. The lowest BCUT2D eigenvalue weighted by Gasteiger charge is -2.25. The van der Waals surface area contributed by atoms with Gasteiger partial charge in [-0.2, -0.15) is 5.10 Å². The topological polar surface area (TPSA) is 67.1 Å². The quantitative estimate of drug-likeness (QED) is 0.469. The smallest absolute Gasteiger partial charge is 0.191 e. The van der Waals surface area contributed by atoms with Gasteiger partial charge < -0.3 is 10.6 Å². The minimum Gasteiger partial charge on any atom is -0.357 e. The Bertz CT molecular complexity index is 981. The predicted molar refractivity (Wildman–Crippen MR) is 122 cm³/mol. The zero-order valence-electron chi connectivity index (χ0n) is 17.5.